The van der Waals surface area contributed by atoms with Crippen LogP contribution in [-0.4, -0.2) is 42.0 Å². The highest BCUT2D eigenvalue weighted by Gasteiger charge is 2.33. The van der Waals surface area contributed by atoms with Crippen LogP contribution in [0.4, 0.5) is 10.5 Å². The molecule has 2 N–H and O–H groups in total. The number of carbonyl (C=O) groups excluding carboxylic acids is 1. The highest BCUT2D eigenvalue weighted by molar-refractivity contribution is 7.97. The van der Waals surface area contributed by atoms with E-state index in [9.17, 15) is 9.90 Å². The topological polar surface area (TPSA) is 52.6 Å². The Morgan fingerprint density at radius 3 is 2.45 bits per heavy atom. The molecule has 2 amide bonds. The molecular formula is C17H26N2O2S. The third kappa shape index (κ3) is 4.17. The van der Waals surface area contributed by atoms with Crippen LogP contribution in [-0.2, 0) is 5.75 Å². The van der Waals surface area contributed by atoms with Crippen LogP contribution in [0.2, 0.25) is 0 Å². The Bertz CT molecular complexity index is 476. The van der Waals surface area contributed by atoms with Gasteiger partial charge >= 0.3 is 6.03 Å². The monoisotopic (exact) mass is 322 g/mol. The number of amides is 2. The molecule has 0 bridgehead atoms. The summed E-state index contributed by atoms with van der Waals surface area (Å²) in [6.07, 6.45) is 4.80. The zero-order chi connectivity index (χ0) is 16.0. The van der Waals surface area contributed by atoms with Gasteiger partial charge in [0, 0.05) is 31.1 Å². The lowest BCUT2D eigenvalue weighted by molar-refractivity contribution is 0.0542. The van der Waals surface area contributed by atoms with Crippen molar-refractivity contribution < 1.29 is 9.90 Å². The third-order valence-corrected chi connectivity index (χ3v) is 5.33. The number of rotatable bonds is 5. The lowest BCUT2D eigenvalue weighted by Crippen LogP contribution is -2.46. The SMILES string of the molecule is CCC1(CO)CCN(C(=O)Nc2ccc(CSC)cc2)CC1. The molecule has 0 atom stereocenters. The smallest absolute Gasteiger partial charge is 0.321 e. The van der Waals surface area contributed by atoms with Gasteiger partial charge in [-0.3, -0.25) is 0 Å². The van der Waals surface area contributed by atoms with Crippen LogP contribution in [0.5, 0.6) is 0 Å². The number of aliphatic hydroxyl groups excluding tert-OH is 1. The van der Waals surface area contributed by atoms with Gasteiger partial charge < -0.3 is 15.3 Å². The maximum Gasteiger partial charge on any atom is 0.321 e. The number of piperidine rings is 1. The maximum absolute atomic E-state index is 12.3. The Hall–Kier alpha value is -1.20. The van der Waals surface area contributed by atoms with Crippen LogP contribution in [0, 0.1) is 5.41 Å². The quantitative estimate of drug-likeness (QED) is 0.871. The minimum atomic E-state index is -0.0414. The van der Waals surface area contributed by atoms with Gasteiger partial charge in [0.1, 0.15) is 0 Å². The minimum Gasteiger partial charge on any atom is -0.396 e. The van der Waals surface area contributed by atoms with Crippen LogP contribution in [0.1, 0.15) is 31.7 Å². The zero-order valence-electron chi connectivity index (χ0n) is 13.5. The molecule has 5 heteroatoms. The molecule has 1 aliphatic heterocycles. The molecule has 1 heterocycles. The van der Waals surface area contributed by atoms with E-state index in [1.165, 1.54) is 5.56 Å². The summed E-state index contributed by atoms with van der Waals surface area (Å²) in [6, 6.07) is 7.97. The number of carbonyl (C=O) groups is 1. The van der Waals surface area contributed by atoms with Gasteiger partial charge in [0.25, 0.3) is 0 Å². The summed E-state index contributed by atoms with van der Waals surface area (Å²) in [5, 5.41) is 12.5. The Morgan fingerprint density at radius 2 is 1.95 bits per heavy atom. The van der Waals surface area contributed by atoms with Crippen LogP contribution in [0.15, 0.2) is 24.3 Å². The first-order valence-corrected chi connectivity index (χ1v) is 9.26. The van der Waals surface area contributed by atoms with E-state index in [-0.39, 0.29) is 18.1 Å². The van der Waals surface area contributed by atoms with Crippen LogP contribution < -0.4 is 5.32 Å². The van der Waals surface area contributed by atoms with E-state index in [1.807, 2.05) is 17.0 Å². The molecule has 0 aliphatic carbocycles. The van der Waals surface area contributed by atoms with Crippen molar-refractivity contribution in [3.8, 4) is 0 Å². The number of anilines is 1. The lowest BCUT2D eigenvalue weighted by atomic mass is 9.77. The van der Waals surface area contributed by atoms with Crippen molar-refractivity contribution >= 4 is 23.5 Å². The number of aliphatic hydroxyl groups is 1. The number of likely N-dealkylation sites (tertiary alicyclic amines) is 1. The number of hydrogen-bond donors (Lipinski definition) is 2. The van der Waals surface area contributed by atoms with E-state index in [4.69, 9.17) is 0 Å². The van der Waals surface area contributed by atoms with Crippen molar-refractivity contribution in [3.63, 3.8) is 0 Å². The van der Waals surface area contributed by atoms with Crippen molar-refractivity contribution in [2.75, 3.05) is 31.3 Å². The van der Waals surface area contributed by atoms with Crippen molar-refractivity contribution in [1.82, 2.24) is 4.90 Å². The number of thioether (sulfide) groups is 1. The number of urea groups is 1. The second-order valence-corrected chi connectivity index (χ2v) is 6.92. The van der Waals surface area contributed by atoms with E-state index >= 15 is 0 Å². The molecule has 1 saturated heterocycles. The molecule has 4 nitrogen and oxygen atoms in total. The van der Waals surface area contributed by atoms with Gasteiger partial charge in [-0.2, -0.15) is 11.8 Å². The summed E-state index contributed by atoms with van der Waals surface area (Å²) in [7, 11) is 0. The predicted molar refractivity (Wildman–Crippen MR) is 93.3 cm³/mol. The molecule has 1 aliphatic rings. The number of hydrogen-bond acceptors (Lipinski definition) is 3. The Morgan fingerprint density at radius 1 is 1.32 bits per heavy atom. The lowest BCUT2D eigenvalue weighted by Gasteiger charge is -2.40. The summed E-state index contributed by atoms with van der Waals surface area (Å²) in [5.41, 5.74) is 2.11. The number of nitrogens with one attached hydrogen (secondary N) is 1. The molecule has 0 unspecified atom stereocenters. The molecule has 0 saturated carbocycles. The molecule has 122 valence electrons. The van der Waals surface area contributed by atoms with Crippen molar-refractivity contribution in [2.45, 2.75) is 31.9 Å². The Kier molecular flexibility index (Phi) is 6.15. The standard InChI is InChI=1S/C17H26N2O2S/c1-3-17(13-20)8-10-19(11-9-17)16(21)18-15-6-4-14(5-7-15)12-22-2/h4-7,20H,3,8-13H2,1-2H3,(H,18,21). The summed E-state index contributed by atoms with van der Waals surface area (Å²) in [5.74, 6) is 0.987. The van der Waals surface area contributed by atoms with Gasteiger partial charge in [-0.05, 0) is 48.6 Å². The molecule has 0 spiro atoms. The molecule has 1 aromatic rings. The fourth-order valence-electron chi connectivity index (χ4n) is 2.86. The average molecular weight is 322 g/mol. The van der Waals surface area contributed by atoms with E-state index in [1.54, 1.807) is 11.8 Å². The first kappa shape index (κ1) is 17.2. The first-order valence-electron chi connectivity index (χ1n) is 7.87. The molecule has 0 radical (unpaired) electrons. The molecule has 2 rings (SSSR count). The highest BCUT2D eigenvalue weighted by Crippen LogP contribution is 2.34. The van der Waals surface area contributed by atoms with Gasteiger partial charge in [0.15, 0.2) is 0 Å². The van der Waals surface area contributed by atoms with E-state index < -0.39 is 0 Å². The molecule has 1 aromatic carbocycles. The number of benzene rings is 1. The summed E-state index contributed by atoms with van der Waals surface area (Å²) >= 11 is 1.79. The molecule has 1 fully saturated rings. The minimum absolute atomic E-state index is 0.0102. The normalized spacial score (nSPS) is 17.3. The first-order chi connectivity index (χ1) is 10.6. The van der Waals surface area contributed by atoms with Crippen molar-refractivity contribution in [3.05, 3.63) is 29.8 Å². The van der Waals surface area contributed by atoms with Crippen LogP contribution in [0.25, 0.3) is 0 Å². The molecular weight excluding hydrogens is 296 g/mol. The van der Waals surface area contributed by atoms with Crippen molar-refractivity contribution in [2.24, 2.45) is 5.41 Å². The third-order valence-electron chi connectivity index (χ3n) is 4.71. The van der Waals surface area contributed by atoms with Gasteiger partial charge in [-0.15, -0.1) is 0 Å². The summed E-state index contributed by atoms with van der Waals surface area (Å²) in [4.78, 5) is 14.2. The van der Waals surface area contributed by atoms with E-state index in [0.29, 0.717) is 13.1 Å². The van der Waals surface area contributed by atoms with Crippen molar-refractivity contribution in [1.29, 1.82) is 0 Å². The van der Waals surface area contributed by atoms with E-state index in [2.05, 4.69) is 30.6 Å². The second-order valence-electron chi connectivity index (χ2n) is 6.06. The van der Waals surface area contributed by atoms with Gasteiger partial charge in [-0.1, -0.05) is 19.1 Å². The highest BCUT2D eigenvalue weighted by atomic mass is 32.2. The van der Waals surface area contributed by atoms with E-state index in [0.717, 1.165) is 30.7 Å². The summed E-state index contributed by atoms with van der Waals surface area (Å²) in [6.45, 7) is 3.76. The summed E-state index contributed by atoms with van der Waals surface area (Å²) < 4.78 is 0. The van der Waals surface area contributed by atoms with Gasteiger partial charge in [-0.25, -0.2) is 4.79 Å². The second kappa shape index (κ2) is 7.88. The van der Waals surface area contributed by atoms with Gasteiger partial charge in [0.2, 0.25) is 0 Å². The fraction of sp³-hybridized carbons (Fsp3) is 0.588. The fourth-order valence-corrected chi connectivity index (χ4v) is 3.39. The number of nitrogens with zero attached hydrogens (tertiary/aromatic N) is 1. The van der Waals surface area contributed by atoms with Gasteiger partial charge in [0.05, 0.1) is 0 Å². The predicted octanol–water partition coefficient (Wildman–Crippen LogP) is 3.57. The zero-order valence-corrected chi connectivity index (χ0v) is 14.3. The Labute approximate surface area is 137 Å². The molecule has 0 aromatic heterocycles. The maximum atomic E-state index is 12.3. The van der Waals surface area contributed by atoms with Crippen LogP contribution >= 0.6 is 11.8 Å². The Balaban J connectivity index is 1.88. The average Bonchev–Trinajstić information content (AvgIpc) is 2.57. The van der Waals surface area contributed by atoms with Crippen LogP contribution in [0.3, 0.4) is 0 Å². The largest absolute Gasteiger partial charge is 0.396 e. The molecule has 22 heavy (non-hydrogen) atoms.